The van der Waals surface area contributed by atoms with Crippen molar-refractivity contribution >= 4 is 23.4 Å². The van der Waals surface area contributed by atoms with Crippen LogP contribution in [0.3, 0.4) is 0 Å². The third-order valence-corrected chi connectivity index (χ3v) is 5.12. The zero-order valence-corrected chi connectivity index (χ0v) is 15.8. The Labute approximate surface area is 161 Å². The van der Waals surface area contributed by atoms with Gasteiger partial charge in [-0.3, -0.25) is 4.79 Å². The number of aromatic hydroxyl groups is 2. The second kappa shape index (κ2) is 7.78. The van der Waals surface area contributed by atoms with Gasteiger partial charge >= 0.3 is 5.97 Å². The first-order chi connectivity index (χ1) is 12.8. The summed E-state index contributed by atoms with van der Waals surface area (Å²) in [5, 5.41) is 19.9. The van der Waals surface area contributed by atoms with E-state index in [1.165, 1.54) is 13.2 Å². The number of allylic oxidation sites excluding steroid dienone is 2. The molecule has 1 fully saturated rings. The molecular weight excluding hydrogens is 376 g/mol. The van der Waals surface area contributed by atoms with Crippen molar-refractivity contribution in [1.82, 2.24) is 0 Å². The van der Waals surface area contributed by atoms with Gasteiger partial charge in [0.15, 0.2) is 5.78 Å². The SMILES string of the molecule is COC1=CC(=O)Cc2c(Cl)c(O)cc(O)c2C(=O)O[C@H](C)CC2OC2CC1. The molecule has 1 saturated heterocycles. The van der Waals surface area contributed by atoms with Crippen LogP contribution in [0, 0.1) is 0 Å². The van der Waals surface area contributed by atoms with Gasteiger partial charge in [-0.2, -0.15) is 0 Å². The Kier molecular flexibility index (Phi) is 5.62. The molecule has 2 unspecified atom stereocenters. The normalized spacial score (nSPS) is 26.2. The summed E-state index contributed by atoms with van der Waals surface area (Å²) in [4.78, 5) is 25.1. The van der Waals surface area contributed by atoms with Crippen LogP contribution < -0.4 is 0 Å². The van der Waals surface area contributed by atoms with Crippen molar-refractivity contribution in [2.24, 2.45) is 0 Å². The largest absolute Gasteiger partial charge is 0.507 e. The highest BCUT2D eigenvalue weighted by Gasteiger charge is 2.40. The maximum absolute atomic E-state index is 12.6. The van der Waals surface area contributed by atoms with Gasteiger partial charge in [-0.25, -0.2) is 4.79 Å². The van der Waals surface area contributed by atoms with E-state index in [1.54, 1.807) is 6.92 Å². The number of halogens is 1. The second-order valence-corrected chi connectivity index (χ2v) is 7.12. The Morgan fingerprint density at radius 1 is 1.22 bits per heavy atom. The molecule has 0 amide bonds. The number of rotatable bonds is 1. The van der Waals surface area contributed by atoms with Gasteiger partial charge < -0.3 is 24.4 Å². The molecule has 0 saturated carbocycles. The van der Waals surface area contributed by atoms with E-state index in [9.17, 15) is 19.8 Å². The van der Waals surface area contributed by atoms with E-state index in [2.05, 4.69) is 0 Å². The van der Waals surface area contributed by atoms with Crippen LogP contribution in [0.15, 0.2) is 17.9 Å². The molecular formula is C19H21ClO7. The number of ketones is 1. The van der Waals surface area contributed by atoms with Gasteiger partial charge in [0.05, 0.1) is 30.1 Å². The highest BCUT2D eigenvalue weighted by Crippen LogP contribution is 2.38. The Bertz CT molecular complexity index is 802. The van der Waals surface area contributed by atoms with Gasteiger partial charge in [-0.15, -0.1) is 0 Å². The van der Waals surface area contributed by atoms with Crippen LogP contribution >= 0.6 is 11.6 Å². The molecule has 2 aliphatic rings. The lowest BCUT2D eigenvalue weighted by atomic mass is 9.99. The first-order valence-corrected chi connectivity index (χ1v) is 9.05. The number of cyclic esters (lactones) is 1. The van der Waals surface area contributed by atoms with Gasteiger partial charge in [0.25, 0.3) is 0 Å². The number of hydrogen-bond acceptors (Lipinski definition) is 7. The maximum atomic E-state index is 12.6. The summed E-state index contributed by atoms with van der Waals surface area (Å²) in [6.45, 7) is 1.73. The van der Waals surface area contributed by atoms with Crippen LogP contribution in [0.2, 0.25) is 5.02 Å². The number of phenolic OH excluding ortho intramolecular Hbond substituents is 2. The zero-order chi connectivity index (χ0) is 19.7. The topological polar surface area (TPSA) is 106 Å². The zero-order valence-electron chi connectivity index (χ0n) is 15.0. The Hall–Kier alpha value is -2.25. The summed E-state index contributed by atoms with van der Waals surface area (Å²) in [7, 11) is 1.48. The molecule has 27 heavy (non-hydrogen) atoms. The van der Waals surface area contributed by atoms with Gasteiger partial charge in [-0.1, -0.05) is 11.6 Å². The Morgan fingerprint density at radius 3 is 2.67 bits per heavy atom. The van der Waals surface area contributed by atoms with Crippen molar-refractivity contribution in [3.63, 3.8) is 0 Å². The fourth-order valence-electron chi connectivity index (χ4n) is 3.26. The number of ether oxygens (including phenoxy) is 3. The predicted octanol–water partition coefficient (Wildman–Crippen LogP) is 2.89. The smallest absolute Gasteiger partial charge is 0.342 e. The number of carbonyl (C=O) groups excluding carboxylic acids is 2. The summed E-state index contributed by atoms with van der Waals surface area (Å²) in [6, 6.07) is 0.956. The van der Waals surface area contributed by atoms with Gasteiger partial charge in [-0.05, 0) is 13.3 Å². The average Bonchev–Trinajstić information content (AvgIpc) is 3.32. The molecule has 0 aromatic heterocycles. The summed E-state index contributed by atoms with van der Waals surface area (Å²) in [6.07, 6.45) is 2.33. The fourth-order valence-corrected chi connectivity index (χ4v) is 3.47. The van der Waals surface area contributed by atoms with Gasteiger partial charge in [0.1, 0.15) is 23.2 Å². The van der Waals surface area contributed by atoms with E-state index in [4.69, 9.17) is 25.8 Å². The van der Waals surface area contributed by atoms with Crippen LogP contribution in [-0.4, -0.2) is 47.4 Å². The molecule has 2 N–H and O–H groups in total. The van der Waals surface area contributed by atoms with Crippen molar-refractivity contribution < 1.29 is 34.0 Å². The standard InChI is InChI=1S/C19H21ClO7/c1-9-5-16-15(27-16)4-3-11(25-2)6-10(21)7-12-17(19(24)26-9)13(22)8-14(23)18(12)20/h6,8-9,15-16,22-23H,3-5,7H2,1-2H3/t9-,15?,16?/m1/s1. The maximum Gasteiger partial charge on any atom is 0.342 e. The van der Waals surface area contributed by atoms with E-state index in [-0.39, 0.29) is 40.6 Å². The van der Waals surface area contributed by atoms with Crippen molar-refractivity contribution in [3.05, 3.63) is 34.1 Å². The van der Waals surface area contributed by atoms with E-state index in [0.717, 1.165) is 6.07 Å². The third-order valence-electron chi connectivity index (χ3n) is 4.70. The highest BCUT2D eigenvalue weighted by molar-refractivity contribution is 6.33. The number of methoxy groups -OCH3 is 1. The van der Waals surface area contributed by atoms with E-state index >= 15 is 0 Å². The van der Waals surface area contributed by atoms with Crippen LogP contribution in [0.4, 0.5) is 0 Å². The molecule has 0 aliphatic carbocycles. The second-order valence-electron chi connectivity index (χ2n) is 6.74. The lowest BCUT2D eigenvalue weighted by Crippen LogP contribution is -2.20. The molecule has 2 aliphatic heterocycles. The number of benzene rings is 1. The van der Waals surface area contributed by atoms with Crippen molar-refractivity contribution in [2.75, 3.05) is 7.11 Å². The number of epoxide rings is 1. The Balaban J connectivity index is 2.01. The summed E-state index contributed by atoms with van der Waals surface area (Å²) in [5.41, 5.74) is -0.212. The van der Waals surface area contributed by atoms with Crippen LogP contribution in [0.25, 0.3) is 0 Å². The van der Waals surface area contributed by atoms with E-state index in [1.807, 2.05) is 0 Å². The molecule has 1 aromatic rings. The number of esters is 1. The first kappa shape index (κ1) is 19.5. The minimum absolute atomic E-state index is 0.0145. The molecule has 7 nitrogen and oxygen atoms in total. The average molecular weight is 397 g/mol. The molecule has 0 bridgehead atoms. The molecule has 2 heterocycles. The third kappa shape index (κ3) is 4.36. The summed E-state index contributed by atoms with van der Waals surface area (Å²) >= 11 is 6.11. The van der Waals surface area contributed by atoms with Crippen LogP contribution in [0.5, 0.6) is 11.5 Å². The summed E-state index contributed by atoms with van der Waals surface area (Å²) < 4.78 is 16.2. The van der Waals surface area contributed by atoms with Crippen molar-refractivity contribution in [2.45, 2.75) is 50.9 Å². The molecule has 3 rings (SSSR count). The number of carbonyl (C=O) groups is 2. The molecule has 8 heteroatoms. The highest BCUT2D eigenvalue weighted by atomic mass is 35.5. The van der Waals surface area contributed by atoms with Crippen molar-refractivity contribution in [1.29, 1.82) is 0 Å². The summed E-state index contributed by atoms with van der Waals surface area (Å²) in [5.74, 6) is -1.63. The van der Waals surface area contributed by atoms with Gasteiger partial charge in [0.2, 0.25) is 0 Å². The molecule has 3 atom stereocenters. The quantitative estimate of drug-likeness (QED) is 0.555. The molecule has 0 radical (unpaired) electrons. The fraction of sp³-hybridized carbons (Fsp3) is 0.474. The van der Waals surface area contributed by atoms with Gasteiger partial charge in [0, 0.05) is 37.0 Å². The lowest BCUT2D eigenvalue weighted by molar-refractivity contribution is -0.114. The first-order valence-electron chi connectivity index (χ1n) is 8.67. The monoisotopic (exact) mass is 396 g/mol. The number of fused-ring (bicyclic) bond motifs is 2. The van der Waals surface area contributed by atoms with Crippen LogP contribution in [0.1, 0.15) is 42.1 Å². The molecule has 0 spiro atoms. The van der Waals surface area contributed by atoms with Crippen LogP contribution in [-0.2, 0) is 25.4 Å². The number of phenols is 2. The minimum atomic E-state index is -0.810. The molecule has 146 valence electrons. The van der Waals surface area contributed by atoms with E-state index in [0.29, 0.717) is 25.0 Å². The van der Waals surface area contributed by atoms with Crippen molar-refractivity contribution in [3.8, 4) is 11.5 Å². The predicted molar refractivity (Wildman–Crippen MR) is 96.0 cm³/mol. The minimum Gasteiger partial charge on any atom is -0.507 e. The lowest BCUT2D eigenvalue weighted by Gasteiger charge is -2.17. The Morgan fingerprint density at radius 2 is 1.96 bits per heavy atom. The molecule has 1 aromatic carbocycles. The van der Waals surface area contributed by atoms with E-state index < -0.39 is 23.6 Å². The number of hydrogen-bond donors (Lipinski definition) is 2.